The van der Waals surface area contributed by atoms with Crippen molar-refractivity contribution < 1.29 is 0 Å². The summed E-state index contributed by atoms with van der Waals surface area (Å²) in [5.74, 6) is 0. The smallest absolute Gasteiger partial charge is 0.0643 e. The van der Waals surface area contributed by atoms with Gasteiger partial charge in [-0.05, 0) is 42.7 Å². The van der Waals surface area contributed by atoms with Crippen LogP contribution >= 0.6 is 0 Å². The highest BCUT2D eigenvalue weighted by Crippen LogP contribution is 2.07. The number of aliphatic imine (C=N–C) groups is 1. The molecule has 2 rings (SSSR count). The van der Waals surface area contributed by atoms with Crippen molar-refractivity contribution in [3.8, 4) is 0 Å². The molecule has 1 heteroatoms. The van der Waals surface area contributed by atoms with Gasteiger partial charge in [-0.1, -0.05) is 42.5 Å². The van der Waals surface area contributed by atoms with Crippen molar-refractivity contribution in [1.29, 1.82) is 0 Å². The molecule has 0 unspecified atom stereocenters. The molecular formula is C16H16N. The van der Waals surface area contributed by atoms with Gasteiger partial charge in [0.05, 0.1) is 6.54 Å². The first-order chi connectivity index (χ1) is 8.25. The summed E-state index contributed by atoms with van der Waals surface area (Å²) in [6, 6.07) is 19.6. The van der Waals surface area contributed by atoms with E-state index in [1.165, 1.54) is 11.1 Å². The first-order valence-corrected chi connectivity index (χ1v) is 5.79. The van der Waals surface area contributed by atoms with Crippen LogP contribution in [-0.2, 0) is 6.54 Å². The molecule has 0 atom stereocenters. The van der Waals surface area contributed by atoms with E-state index in [4.69, 9.17) is 0 Å². The minimum absolute atomic E-state index is 0.740. The number of nitrogens with zero attached hydrogens (tertiary/aromatic N) is 1. The monoisotopic (exact) mass is 222 g/mol. The fourth-order valence-electron chi connectivity index (χ4n) is 1.70. The van der Waals surface area contributed by atoms with Gasteiger partial charge in [0.1, 0.15) is 0 Å². The Bertz CT molecular complexity index is 512. The summed E-state index contributed by atoms with van der Waals surface area (Å²) in [6.07, 6.45) is 0. The summed E-state index contributed by atoms with van der Waals surface area (Å²) in [7, 11) is 0. The van der Waals surface area contributed by atoms with Gasteiger partial charge in [0.2, 0.25) is 0 Å². The molecule has 0 aliphatic carbocycles. The summed E-state index contributed by atoms with van der Waals surface area (Å²) in [6.45, 7) is 4.84. The van der Waals surface area contributed by atoms with E-state index in [-0.39, 0.29) is 0 Å². The van der Waals surface area contributed by atoms with Crippen molar-refractivity contribution in [1.82, 2.24) is 0 Å². The minimum atomic E-state index is 0.740. The summed E-state index contributed by atoms with van der Waals surface area (Å²) in [5.41, 5.74) is 4.64. The lowest BCUT2D eigenvalue weighted by Gasteiger charge is -2.02. The summed E-state index contributed by atoms with van der Waals surface area (Å²) in [4.78, 5) is 4.61. The normalized spacial score (nSPS) is 11.5. The van der Waals surface area contributed by atoms with Gasteiger partial charge in [-0.25, -0.2) is 0 Å². The highest BCUT2D eigenvalue weighted by molar-refractivity contribution is 5.98. The van der Waals surface area contributed by atoms with Gasteiger partial charge >= 0.3 is 0 Å². The average molecular weight is 222 g/mol. The van der Waals surface area contributed by atoms with E-state index in [0.29, 0.717) is 0 Å². The summed E-state index contributed by atoms with van der Waals surface area (Å²) in [5, 5.41) is 0. The van der Waals surface area contributed by atoms with Gasteiger partial charge in [-0.3, -0.25) is 4.99 Å². The molecule has 0 bridgehead atoms. The van der Waals surface area contributed by atoms with Gasteiger partial charge in [-0.15, -0.1) is 0 Å². The Morgan fingerprint density at radius 1 is 1.18 bits per heavy atom. The Morgan fingerprint density at radius 2 is 1.94 bits per heavy atom. The fourth-order valence-corrected chi connectivity index (χ4v) is 1.70. The molecule has 0 heterocycles. The van der Waals surface area contributed by atoms with Crippen LogP contribution in [-0.4, -0.2) is 5.71 Å². The molecule has 2 aromatic rings. The largest absolute Gasteiger partial charge is 0.285 e. The average Bonchev–Trinajstić information content (AvgIpc) is 2.37. The van der Waals surface area contributed by atoms with Crippen LogP contribution in [0.25, 0.3) is 0 Å². The Morgan fingerprint density at radius 3 is 2.65 bits per heavy atom. The molecule has 0 aromatic heterocycles. The van der Waals surface area contributed by atoms with Crippen LogP contribution in [0.4, 0.5) is 0 Å². The van der Waals surface area contributed by atoms with E-state index in [1.807, 2.05) is 31.2 Å². The quantitative estimate of drug-likeness (QED) is 0.700. The lowest BCUT2D eigenvalue weighted by Crippen LogP contribution is -1.96. The molecule has 0 saturated carbocycles. The van der Waals surface area contributed by atoms with Gasteiger partial charge < -0.3 is 0 Å². The van der Waals surface area contributed by atoms with Crippen LogP contribution in [0.2, 0.25) is 0 Å². The van der Waals surface area contributed by atoms with Crippen LogP contribution in [0.3, 0.4) is 0 Å². The molecular weight excluding hydrogens is 206 g/mol. The lowest BCUT2D eigenvalue weighted by molar-refractivity contribution is 1.06. The van der Waals surface area contributed by atoms with Gasteiger partial charge in [0.15, 0.2) is 0 Å². The zero-order chi connectivity index (χ0) is 12.1. The molecule has 0 aliphatic rings. The van der Waals surface area contributed by atoms with Gasteiger partial charge in [-0.2, -0.15) is 0 Å². The maximum Gasteiger partial charge on any atom is 0.0643 e. The maximum atomic E-state index is 4.61. The SMILES string of the molecule is CC(=NCc1ccccc1)c1cc[c]c(C)c1. The molecule has 1 radical (unpaired) electrons. The van der Waals surface area contributed by atoms with Crippen molar-refractivity contribution in [2.45, 2.75) is 20.4 Å². The van der Waals surface area contributed by atoms with E-state index < -0.39 is 0 Å². The van der Waals surface area contributed by atoms with Crippen molar-refractivity contribution in [3.05, 3.63) is 71.3 Å². The second kappa shape index (κ2) is 5.44. The first-order valence-electron chi connectivity index (χ1n) is 5.79. The molecule has 0 fully saturated rings. The molecule has 2 aromatic carbocycles. The third-order valence-electron chi connectivity index (χ3n) is 2.71. The van der Waals surface area contributed by atoms with Crippen LogP contribution < -0.4 is 0 Å². The Kier molecular flexibility index (Phi) is 3.71. The third kappa shape index (κ3) is 3.28. The van der Waals surface area contributed by atoms with E-state index in [0.717, 1.165) is 17.8 Å². The molecule has 0 amide bonds. The Balaban J connectivity index is 2.12. The number of hydrogen-bond acceptors (Lipinski definition) is 1. The minimum Gasteiger partial charge on any atom is -0.285 e. The van der Waals surface area contributed by atoms with E-state index in [9.17, 15) is 0 Å². The Labute approximate surface area is 103 Å². The molecule has 0 aliphatic heterocycles. The van der Waals surface area contributed by atoms with Crippen LogP contribution in [0.15, 0.2) is 53.5 Å². The number of benzene rings is 2. The highest BCUT2D eigenvalue weighted by atomic mass is 14.7. The molecule has 0 N–H and O–H groups in total. The first kappa shape index (κ1) is 11.6. The second-order valence-electron chi connectivity index (χ2n) is 4.15. The Hall–Kier alpha value is -1.89. The molecule has 1 nitrogen and oxygen atoms in total. The van der Waals surface area contributed by atoms with Crippen molar-refractivity contribution in [3.63, 3.8) is 0 Å². The molecule has 17 heavy (non-hydrogen) atoms. The summed E-state index contributed by atoms with van der Waals surface area (Å²) >= 11 is 0. The van der Waals surface area contributed by atoms with E-state index in [1.54, 1.807) is 0 Å². The zero-order valence-corrected chi connectivity index (χ0v) is 10.3. The predicted molar refractivity (Wildman–Crippen MR) is 72.4 cm³/mol. The number of aryl methyl sites for hydroxylation is 1. The topological polar surface area (TPSA) is 12.4 Å². The highest BCUT2D eigenvalue weighted by Gasteiger charge is 1.97. The summed E-state index contributed by atoms with van der Waals surface area (Å²) < 4.78 is 0. The molecule has 0 spiro atoms. The maximum absolute atomic E-state index is 4.61. The van der Waals surface area contributed by atoms with E-state index >= 15 is 0 Å². The lowest BCUT2D eigenvalue weighted by atomic mass is 10.1. The standard InChI is InChI=1S/C16H16N/c1-13-7-6-10-16(11-13)14(2)17-12-15-8-4-3-5-9-15/h3-6,8-11H,12H2,1-2H3. The fraction of sp³-hybridized carbons (Fsp3) is 0.188. The number of hydrogen-bond donors (Lipinski definition) is 0. The third-order valence-corrected chi connectivity index (χ3v) is 2.71. The van der Waals surface area contributed by atoms with Crippen molar-refractivity contribution in [2.24, 2.45) is 4.99 Å². The van der Waals surface area contributed by atoms with Crippen LogP contribution in [0.5, 0.6) is 0 Å². The molecule has 0 saturated heterocycles. The van der Waals surface area contributed by atoms with Crippen molar-refractivity contribution >= 4 is 5.71 Å². The molecule has 85 valence electrons. The zero-order valence-electron chi connectivity index (χ0n) is 10.3. The predicted octanol–water partition coefficient (Wildman–Crippen LogP) is 3.80. The van der Waals surface area contributed by atoms with Gasteiger partial charge in [0.25, 0.3) is 0 Å². The number of rotatable bonds is 3. The second-order valence-corrected chi connectivity index (χ2v) is 4.15. The van der Waals surface area contributed by atoms with E-state index in [2.05, 4.69) is 42.2 Å². The van der Waals surface area contributed by atoms with Crippen LogP contribution in [0, 0.1) is 13.0 Å². The van der Waals surface area contributed by atoms with Crippen molar-refractivity contribution in [2.75, 3.05) is 0 Å². The van der Waals surface area contributed by atoms with Gasteiger partial charge in [0, 0.05) is 5.71 Å². The van der Waals surface area contributed by atoms with Crippen LogP contribution in [0.1, 0.15) is 23.6 Å².